The lowest BCUT2D eigenvalue weighted by Gasteiger charge is -2.25. The van der Waals surface area contributed by atoms with Crippen LogP contribution in [0.25, 0.3) is 20.3 Å². The number of nitrogens with zero attached hydrogens (tertiary/aromatic N) is 6. The summed E-state index contributed by atoms with van der Waals surface area (Å²) >= 11 is 3.44. The first-order chi connectivity index (χ1) is 52.2. The molecule has 1 aliphatic carbocycles. The monoisotopic (exact) mass is 1600 g/mol. The second-order valence-electron chi connectivity index (χ2n) is 26.1. The van der Waals surface area contributed by atoms with Crippen molar-refractivity contribution in [2.45, 2.75) is 122 Å². The minimum Gasteiger partial charge on any atom is -0.388 e. The van der Waals surface area contributed by atoms with Gasteiger partial charge < -0.3 is 88.1 Å². The Labute approximate surface area is 694 Å². The number of ether oxygens (including phenoxy) is 1. The van der Waals surface area contributed by atoms with Crippen LogP contribution in [-0.2, 0) is 16.1 Å². The molecule has 1 saturated carbocycles. The van der Waals surface area contributed by atoms with Gasteiger partial charge in [-0.15, -0.1) is 22.7 Å². The summed E-state index contributed by atoms with van der Waals surface area (Å²) in [5, 5.41) is 39.2. The molecule has 2 atom stereocenters. The lowest BCUT2D eigenvalue weighted by atomic mass is 9.95. The molecule has 0 bridgehead atoms. The first kappa shape index (κ1) is 118. The number of hydrogen-bond donors (Lipinski definition) is 12. The Morgan fingerprint density at radius 2 is 1.12 bits per heavy atom. The van der Waals surface area contributed by atoms with Crippen molar-refractivity contribution in [3.8, 4) is 0 Å². The minimum atomic E-state index is -0.207. The van der Waals surface area contributed by atoms with Crippen molar-refractivity contribution in [3.63, 3.8) is 0 Å². The van der Waals surface area contributed by atoms with Crippen LogP contribution in [0.4, 0.5) is 38.5 Å². The van der Waals surface area contributed by atoms with Gasteiger partial charge in [0.1, 0.15) is 5.82 Å². The van der Waals surface area contributed by atoms with E-state index in [-0.39, 0.29) is 35.5 Å². The number of aryl methyl sites for hydroxylation is 1. The maximum Gasteiger partial charge on any atom is 0.207 e. The van der Waals surface area contributed by atoms with Gasteiger partial charge in [-0.05, 0) is 274 Å². The second kappa shape index (κ2) is 84.8. The van der Waals surface area contributed by atoms with E-state index in [1.165, 1.54) is 146 Å². The molecule has 0 spiro atoms. The Kier molecular flexibility index (Phi) is 89.5. The average Bonchev–Trinajstić information content (AvgIpc) is 1.71. The van der Waals surface area contributed by atoms with Crippen LogP contribution < -0.4 is 68.7 Å². The summed E-state index contributed by atoms with van der Waals surface area (Å²) in [4.78, 5) is 26.6. The molecule has 2 aliphatic rings. The molecule has 3 aromatic heterocycles. The Balaban J connectivity index is -0.000000215. The molecule has 2 unspecified atom stereocenters. The van der Waals surface area contributed by atoms with Gasteiger partial charge in [-0.3, -0.25) is 9.78 Å². The van der Waals surface area contributed by atoms with E-state index in [1.807, 2.05) is 172 Å². The topological polar surface area (TPSA) is 209 Å². The standard InChI is InChI=1S/C9H14N2.C9H9NS.C9H19N.C8H8N2S.C8H18N2.C8H11N.C7H8FN.C7H10N2.C5H13NO.C5H13N.C4H10N2O.C4H11N.C2H7N.4CH4/c1-10-8-5-4-6-9(7-8)11(2)3;1-10-8-3-2-7-4-5-11-9(7)6-8;1-8-4-3-5-9(8)6-7-10-2;1-9-6-2-3-7-8(4-6)11-5-10-7;1-9-5-8-10-6-3-2-4-7-10;1-7-4-3-5-8(6-7)9-2;1-9-7-4-2-3-6(8)5-7;1-8-5-7-3-2-4-9-6-7;1-6(2)4-5-7-3;1-4-5-6(2)3;1-5-2-3-6-4-7;1-3-4-5-2;1-3-2;;;;/h4-7,10H,1-3H3;2-6,10H,1H3;8-10H,3-7H2,1-2H3;2-5,9H,1H3;9H,2-8H2,1H3;3-6,9H,1-2H3;2-5,9H,1H3;2-4,6,8H,5H2,1H3;4-5H2,1-3H3;4-5H2,1-3H3;4-5H,2-3H2,1H3,(H,6,7);5H,3-4H2,1-2H3;3H,1-2H3;4*1H4. The summed E-state index contributed by atoms with van der Waals surface area (Å²) in [7, 11) is 37.0. The van der Waals surface area contributed by atoms with Gasteiger partial charge >= 0.3 is 0 Å². The zero-order chi connectivity index (χ0) is 81.2. The minimum absolute atomic E-state index is 0. The number of likely N-dealkylation sites (N-methyl/N-ethyl adjacent to an activating group) is 3. The fourth-order valence-electron chi connectivity index (χ4n) is 9.87. The molecule has 644 valence electrons. The summed E-state index contributed by atoms with van der Waals surface area (Å²) in [6.07, 6.45) is 16.9. The third kappa shape index (κ3) is 68.5. The van der Waals surface area contributed by atoms with Crippen LogP contribution in [-0.4, -0.2) is 237 Å². The van der Waals surface area contributed by atoms with Gasteiger partial charge in [0.2, 0.25) is 6.41 Å². The molecule has 1 aliphatic heterocycles. The van der Waals surface area contributed by atoms with E-state index in [0.717, 1.165) is 73.7 Å². The third-order valence-corrected chi connectivity index (χ3v) is 17.7. The van der Waals surface area contributed by atoms with Crippen LogP contribution >= 0.6 is 22.7 Å². The highest BCUT2D eigenvalue weighted by atomic mass is 32.1. The zero-order valence-electron chi connectivity index (χ0n) is 71.2. The number of anilines is 6. The number of amides is 1. The maximum absolute atomic E-state index is 12.3. The number of piperidine rings is 1. The van der Waals surface area contributed by atoms with Gasteiger partial charge in [0.25, 0.3) is 0 Å². The van der Waals surface area contributed by atoms with Crippen molar-refractivity contribution in [2.75, 3.05) is 238 Å². The number of likely N-dealkylation sites (tertiary alicyclic amines) is 1. The summed E-state index contributed by atoms with van der Waals surface area (Å²) in [6, 6.07) is 41.6. The number of carbonyl (C=O) groups excluding carboxylic acids is 1. The molecule has 20 nitrogen and oxygen atoms in total. The molecule has 8 aromatic rings. The predicted molar refractivity (Wildman–Crippen MR) is 507 cm³/mol. The van der Waals surface area contributed by atoms with Crippen molar-refractivity contribution in [3.05, 3.63) is 168 Å². The van der Waals surface area contributed by atoms with E-state index in [1.54, 1.807) is 49.1 Å². The van der Waals surface area contributed by atoms with E-state index >= 15 is 0 Å². The van der Waals surface area contributed by atoms with Crippen molar-refractivity contribution in [1.82, 2.24) is 61.9 Å². The molecular formula is C89H167FN18O2S2. The van der Waals surface area contributed by atoms with Gasteiger partial charge in [-0.1, -0.05) is 113 Å². The van der Waals surface area contributed by atoms with E-state index < -0.39 is 0 Å². The van der Waals surface area contributed by atoms with Gasteiger partial charge in [-0.2, -0.15) is 0 Å². The van der Waals surface area contributed by atoms with Crippen LogP contribution in [0.1, 0.15) is 119 Å². The number of halogens is 1. The number of methoxy groups -OCH3 is 1. The fourth-order valence-corrected chi connectivity index (χ4v) is 11.4. The summed E-state index contributed by atoms with van der Waals surface area (Å²) in [5.74, 6) is 1.81. The van der Waals surface area contributed by atoms with Gasteiger partial charge in [0.15, 0.2) is 0 Å². The number of thiophene rings is 1. The number of thiazole rings is 1. The number of fused-ring (bicyclic) bond motifs is 2. The number of hydrogen-bond acceptors (Lipinski definition) is 21. The van der Waals surface area contributed by atoms with E-state index in [4.69, 9.17) is 4.74 Å². The average molecular weight is 1600 g/mol. The number of carbonyl (C=O) groups is 1. The molecular weight excluding hydrogens is 1440 g/mol. The van der Waals surface area contributed by atoms with Crippen LogP contribution in [0.5, 0.6) is 0 Å². The smallest absolute Gasteiger partial charge is 0.207 e. The molecule has 1 saturated heterocycles. The number of nitrogens with one attached hydrogen (secondary N) is 12. The van der Waals surface area contributed by atoms with Crippen molar-refractivity contribution in [1.29, 1.82) is 0 Å². The third-order valence-electron chi connectivity index (χ3n) is 16.0. The number of pyridine rings is 1. The second-order valence-corrected chi connectivity index (χ2v) is 28.0. The van der Waals surface area contributed by atoms with Crippen molar-refractivity contribution < 1.29 is 13.9 Å². The Morgan fingerprint density at radius 3 is 1.55 bits per heavy atom. The molecule has 1 amide bonds. The number of benzene rings is 5. The first-order valence-corrected chi connectivity index (χ1v) is 40.1. The molecule has 4 heterocycles. The van der Waals surface area contributed by atoms with Gasteiger partial charge in [-0.25, -0.2) is 9.37 Å². The zero-order valence-corrected chi connectivity index (χ0v) is 72.8. The number of aromatic nitrogens is 2. The number of rotatable bonds is 25. The Morgan fingerprint density at radius 1 is 0.562 bits per heavy atom. The Bertz CT molecular complexity index is 3090. The molecule has 5 aromatic carbocycles. The molecule has 23 heteroatoms. The lowest BCUT2D eigenvalue weighted by Crippen LogP contribution is -2.34. The van der Waals surface area contributed by atoms with Crippen molar-refractivity contribution in [2.24, 2.45) is 11.8 Å². The Hall–Kier alpha value is -7.10. The van der Waals surface area contributed by atoms with Gasteiger partial charge in [0.05, 0.1) is 22.3 Å². The summed E-state index contributed by atoms with van der Waals surface area (Å²) in [6.45, 7) is 21.6. The first-order valence-electron chi connectivity index (χ1n) is 38.4. The molecule has 112 heavy (non-hydrogen) atoms. The van der Waals surface area contributed by atoms with E-state index in [2.05, 4.69) is 195 Å². The van der Waals surface area contributed by atoms with Crippen LogP contribution in [0.3, 0.4) is 0 Å². The highest BCUT2D eigenvalue weighted by molar-refractivity contribution is 7.17. The summed E-state index contributed by atoms with van der Waals surface area (Å²) < 4.78 is 19.7. The fraction of sp³-hybridized carbons (Fsp3) is 0.562. The van der Waals surface area contributed by atoms with Crippen molar-refractivity contribution >= 4 is 83.5 Å². The van der Waals surface area contributed by atoms with Gasteiger partial charge in [0, 0.05) is 147 Å². The molecule has 10 rings (SSSR count). The molecule has 0 radical (unpaired) electrons. The quantitative estimate of drug-likeness (QED) is 0.0190. The van der Waals surface area contributed by atoms with Crippen LogP contribution in [0, 0.1) is 24.6 Å². The SMILES string of the molecule is C.C.C.C.CCCN(C)C.CCCNC.CNC.CNCCC1CCCC1C.CNCCN1CCCCC1.CNCCNC=O.CNCc1cccnc1.CNc1ccc2ccsc2c1.CNc1ccc2ncsc2c1.CNc1cccc(C)c1.CNc1cccc(F)c1.CNc1cccc(N(C)C)c1.COCCN(C)C. The van der Waals surface area contributed by atoms with E-state index in [0.29, 0.717) is 13.0 Å². The highest BCUT2D eigenvalue weighted by Gasteiger charge is 2.22. The van der Waals surface area contributed by atoms with E-state index in [9.17, 15) is 9.18 Å². The highest BCUT2D eigenvalue weighted by Crippen LogP contribution is 2.33. The lowest BCUT2D eigenvalue weighted by molar-refractivity contribution is -0.109. The van der Waals surface area contributed by atoms with Crippen LogP contribution in [0.2, 0.25) is 0 Å². The normalized spacial score (nSPS) is 12.2. The maximum atomic E-state index is 12.3. The molecule has 12 N–H and O–H groups in total. The molecule has 2 fully saturated rings. The predicted octanol–water partition coefficient (Wildman–Crippen LogP) is 17.6. The van der Waals surface area contributed by atoms with Crippen LogP contribution in [0.15, 0.2) is 151 Å². The summed E-state index contributed by atoms with van der Waals surface area (Å²) in [5.41, 5.74) is 12.1. The largest absolute Gasteiger partial charge is 0.388 e.